The molecule has 1 aliphatic heterocycles. The molecule has 2 heterocycles. The standard InChI is InChI=1S/C21H21ClN4O2/c1-2-25-18-10-6-4-8-16(18)24-19(25)12-23-21(28)14-11-20(27)26(13-14)17-9-5-3-7-15(17)22/h3-10,14H,2,11-13H2,1H3,(H,23,28)/t14-/m1/s1. The van der Waals surface area contributed by atoms with Gasteiger partial charge in [-0.2, -0.15) is 0 Å². The Balaban J connectivity index is 1.45. The third kappa shape index (κ3) is 3.36. The molecule has 1 saturated heterocycles. The summed E-state index contributed by atoms with van der Waals surface area (Å²) in [6.45, 7) is 3.49. The molecule has 28 heavy (non-hydrogen) atoms. The Hall–Kier alpha value is -2.86. The van der Waals surface area contributed by atoms with Crippen molar-refractivity contribution in [3.05, 3.63) is 59.4 Å². The van der Waals surface area contributed by atoms with Crippen molar-refractivity contribution in [3.8, 4) is 0 Å². The minimum Gasteiger partial charge on any atom is -0.349 e. The first-order chi connectivity index (χ1) is 13.6. The zero-order valence-electron chi connectivity index (χ0n) is 15.6. The first kappa shape index (κ1) is 18.5. The van der Waals surface area contributed by atoms with Crippen LogP contribution in [0.3, 0.4) is 0 Å². The number of aryl methyl sites for hydroxylation is 1. The molecule has 0 saturated carbocycles. The van der Waals surface area contributed by atoms with E-state index in [4.69, 9.17) is 11.6 Å². The molecule has 1 aliphatic rings. The van der Waals surface area contributed by atoms with Gasteiger partial charge in [0, 0.05) is 19.5 Å². The van der Waals surface area contributed by atoms with Crippen LogP contribution in [0.4, 0.5) is 5.69 Å². The van der Waals surface area contributed by atoms with Crippen LogP contribution < -0.4 is 10.2 Å². The summed E-state index contributed by atoms with van der Waals surface area (Å²) in [6.07, 6.45) is 0.182. The minimum absolute atomic E-state index is 0.0888. The molecule has 0 aliphatic carbocycles. The number of imidazole rings is 1. The second kappa shape index (κ2) is 7.64. The quantitative estimate of drug-likeness (QED) is 0.718. The van der Waals surface area contributed by atoms with Crippen molar-refractivity contribution in [3.63, 3.8) is 0 Å². The maximum Gasteiger partial charge on any atom is 0.227 e. The van der Waals surface area contributed by atoms with Crippen molar-refractivity contribution < 1.29 is 9.59 Å². The zero-order valence-corrected chi connectivity index (χ0v) is 16.3. The number of nitrogens with zero attached hydrogens (tertiary/aromatic N) is 3. The Morgan fingerprint density at radius 1 is 1.21 bits per heavy atom. The zero-order chi connectivity index (χ0) is 19.7. The highest BCUT2D eigenvalue weighted by atomic mass is 35.5. The summed E-state index contributed by atoms with van der Waals surface area (Å²) in [5, 5.41) is 3.46. The van der Waals surface area contributed by atoms with Gasteiger partial charge in [0.1, 0.15) is 5.82 Å². The van der Waals surface area contributed by atoms with E-state index in [0.29, 0.717) is 23.8 Å². The van der Waals surface area contributed by atoms with Crippen molar-refractivity contribution in [2.75, 3.05) is 11.4 Å². The number of rotatable bonds is 5. The smallest absolute Gasteiger partial charge is 0.227 e. The van der Waals surface area contributed by atoms with Crippen LogP contribution >= 0.6 is 11.6 Å². The highest BCUT2D eigenvalue weighted by Crippen LogP contribution is 2.31. The average Bonchev–Trinajstić information content (AvgIpc) is 3.26. The van der Waals surface area contributed by atoms with Crippen LogP contribution in [0, 0.1) is 5.92 Å². The highest BCUT2D eigenvalue weighted by Gasteiger charge is 2.35. The predicted octanol–water partition coefficient (Wildman–Crippen LogP) is 3.38. The molecular weight excluding hydrogens is 376 g/mol. The predicted molar refractivity (Wildman–Crippen MR) is 109 cm³/mol. The lowest BCUT2D eigenvalue weighted by Crippen LogP contribution is -2.33. The van der Waals surface area contributed by atoms with Gasteiger partial charge in [0.15, 0.2) is 0 Å². The number of halogens is 1. The molecule has 0 bridgehead atoms. The van der Waals surface area contributed by atoms with Crippen LogP contribution in [0.1, 0.15) is 19.2 Å². The fraction of sp³-hybridized carbons (Fsp3) is 0.286. The lowest BCUT2D eigenvalue weighted by atomic mass is 10.1. The number of carbonyl (C=O) groups excluding carboxylic acids is 2. The van der Waals surface area contributed by atoms with Gasteiger partial charge in [-0.15, -0.1) is 0 Å². The SMILES string of the molecule is CCn1c(CNC(=O)[C@@H]2CC(=O)N(c3ccccc3Cl)C2)nc2ccccc21. The van der Waals surface area contributed by atoms with E-state index < -0.39 is 5.92 Å². The van der Waals surface area contributed by atoms with Crippen molar-refractivity contribution in [2.24, 2.45) is 5.92 Å². The van der Waals surface area contributed by atoms with Gasteiger partial charge >= 0.3 is 0 Å². The lowest BCUT2D eigenvalue weighted by Gasteiger charge is -2.18. The summed E-state index contributed by atoms with van der Waals surface area (Å²) in [6, 6.07) is 15.1. The number of amides is 2. The number of benzene rings is 2. The van der Waals surface area contributed by atoms with Crippen LogP contribution in [0.15, 0.2) is 48.5 Å². The van der Waals surface area contributed by atoms with Crippen molar-refractivity contribution in [2.45, 2.75) is 26.4 Å². The lowest BCUT2D eigenvalue weighted by molar-refractivity contribution is -0.126. The molecule has 0 unspecified atom stereocenters. The van der Waals surface area contributed by atoms with E-state index in [0.717, 1.165) is 23.4 Å². The molecule has 1 N–H and O–H groups in total. The van der Waals surface area contributed by atoms with E-state index >= 15 is 0 Å². The second-order valence-corrected chi connectivity index (χ2v) is 7.24. The van der Waals surface area contributed by atoms with Crippen LogP contribution in [-0.2, 0) is 22.7 Å². The molecule has 144 valence electrons. The Bertz CT molecular complexity index is 1050. The van der Waals surface area contributed by atoms with Gasteiger partial charge in [-0.1, -0.05) is 35.9 Å². The molecule has 3 aromatic rings. The summed E-state index contributed by atoms with van der Waals surface area (Å²) >= 11 is 6.20. The monoisotopic (exact) mass is 396 g/mol. The summed E-state index contributed by atoms with van der Waals surface area (Å²) in [5.74, 6) is 0.180. The van der Waals surface area contributed by atoms with Crippen LogP contribution in [0.2, 0.25) is 5.02 Å². The van der Waals surface area contributed by atoms with E-state index in [1.165, 1.54) is 0 Å². The Kier molecular flexibility index (Phi) is 5.05. The van der Waals surface area contributed by atoms with E-state index in [9.17, 15) is 9.59 Å². The average molecular weight is 397 g/mol. The molecule has 0 radical (unpaired) electrons. The maximum absolute atomic E-state index is 12.7. The third-order valence-electron chi connectivity index (χ3n) is 5.11. The molecule has 2 aromatic carbocycles. The number of aromatic nitrogens is 2. The van der Waals surface area contributed by atoms with Crippen molar-refractivity contribution in [1.82, 2.24) is 14.9 Å². The third-order valence-corrected chi connectivity index (χ3v) is 5.43. The first-order valence-corrected chi connectivity index (χ1v) is 9.73. The Labute approximate surface area is 168 Å². The number of para-hydroxylation sites is 3. The van der Waals surface area contributed by atoms with E-state index in [1.54, 1.807) is 17.0 Å². The molecule has 6 nitrogen and oxygen atoms in total. The van der Waals surface area contributed by atoms with E-state index in [1.807, 2.05) is 36.4 Å². The topological polar surface area (TPSA) is 67.2 Å². The molecule has 4 rings (SSSR count). The van der Waals surface area contributed by atoms with Gasteiger partial charge in [0.2, 0.25) is 11.8 Å². The fourth-order valence-corrected chi connectivity index (χ4v) is 3.95. The van der Waals surface area contributed by atoms with Gasteiger partial charge < -0.3 is 14.8 Å². The number of carbonyl (C=O) groups is 2. The number of nitrogens with one attached hydrogen (secondary N) is 1. The molecule has 0 spiro atoms. The summed E-state index contributed by atoms with van der Waals surface area (Å²) in [7, 11) is 0. The Morgan fingerprint density at radius 3 is 2.75 bits per heavy atom. The molecule has 2 amide bonds. The minimum atomic E-state index is -0.400. The number of anilines is 1. The van der Waals surface area contributed by atoms with Crippen molar-refractivity contribution >= 4 is 40.1 Å². The Morgan fingerprint density at radius 2 is 1.96 bits per heavy atom. The van der Waals surface area contributed by atoms with Crippen LogP contribution in [0.5, 0.6) is 0 Å². The van der Waals surface area contributed by atoms with Gasteiger partial charge in [-0.25, -0.2) is 4.98 Å². The molecular formula is C21H21ClN4O2. The summed E-state index contributed by atoms with van der Waals surface area (Å²) in [5.41, 5.74) is 2.61. The molecule has 7 heteroatoms. The molecule has 1 aromatic heterocycles. The van der Waals surface area contributed by atoms with Crippen LogP contribution in [-0.4, -0.2) is 27.9 Å². The normalized spacial score (nSPS) is 16.7. The van der Waals surface area contributed by atoms with Gasteiger partial charge in [-0.05, 0) is 31.2 Å². The van der Waals surface area contributed by atoms with Gasteiger partial charge in [-0.3, -0.25) is 9.59 Å². The van der Waals surface area contributed by atoms with E-state index in [2.05, 4.69) is 21.8 Å². The summed E-state index contributed by atoms with van der Waals surface area (Å²) < 4.78 is 2.09. The first-order valence-electron chi connectivity index (χ1n) is 9.35. The molecule has 1 fully saturated rings. The second-order valence-electron chi connectivity index (χ2n) is 6.84. The van der Waals surface area contributed by atoms with Crippen LogP contribution in [0.25, 0.3) is 11.0 Å². The number of hydrogen-bond donors (Lipinski definition) is 1. The summed E-state index contributed by atoms with van der Waals surface area (Å²) in [4.78, 5) is 31.3. The van der Waals surface area contributed by atoms with Gasteiger partial charge in [0.25, 0.3) is 0 Å². The van der Waals surface area contributed by atoms with Crippen molar-refractivity contribution in [1.29, 1.82) is 0 Å². The molecule has 1 atom stereocenters. The number of fused-ring (bicyclic) bond motifs is 1. The maximum atomic E-state index is 12.7. The van der Waals surface area contributed by atoms with Gasteiger partial charge in [0.05, 0.1) is 34.2 Å². The van der Waals surface area contributed by atoms with E-state index in [-0.39, 0.29) is 18.2 Å². The largest absolute Gasteiger partial charge is 0.349 e. The number of hydrogen-bond acceptors (Lipinski definition) is 3. The highest BCUT2D eigenvalue weighted by molar-refractivity contribution is 6.33. The fourth-order valence-electron chi connectivity index (χ4n) is 3.71.